The van der Waals surface area contributed by atoms with Gasteiger partial charge in [0, 0.05) is 24.8 Å². The molecule has 1 aromatic carbocycles. The van der Waals surface area contributed by atoms with E-state index in [4.69, 9.17) is 4.74 Å². The Morgan fingerprint density at radius 2 is 2.09 bits per heavy atom. The van der Waals surface area contributed by atoms with Gasteiger partial charge in [-0.05, 0) is 18.2 Å². The van der Waals surface area contributed by atoms with E-state index in [9.17, 15) is 14.4 Å². The minimum Gasteiger partial charge on any atom is -0.378 e. The predicted molar refractivity (Wildman–Crippen MR) is 82.8 cm³/mol. The first-order valence-corrected chi connectivity index (χ1v) is 7.21. The number of anilines is 1. The summed E-state index contributed by atoms with van der Waals surface area (Å²) in [5.74, 6) is -0.675. The third-order valence-corrected chi connectivity index (χ3v) is 3.79. The predicted octanol–water partition coefficient (Wildman–Crippen LogP) is 2.41. The summed E-state index contributed by atoms with van der Waals surface area (Å²) in [6.07, 6.45) is 1.83. The Hall–Kier alpha value is -2.78. The van der Waals surface area contributed by atoms with Crippen molar-refractivity contribution in [3.05, 3.63) is 47.4 Å². The van der Waals surface area contributed by atoms with E-state index in [1.165, 1.54) is 12.3 Å². The van der Waals surface area contributed by atoms with E-state index in [2.05, 4.69) is 16.0 Å². The van der Waals surface area contributed by atoms with E-state index >= 15 is 0 Å². The number of benzene rings is 1. The third kappa shape index (κ3) is 2.91. The lowest BCUT2D eigenvalue weighted by molar-refractivity contribution is 0.111. The highest BCUT2D eigenvalue weighted by atomic mass is 19.1. The second-order valence-electron chi connectivity index (χ2n) is 5.12. The van der Waals surface area contributed by atoms with Gasteiger partial charge in [-0.25, -0.2) is 4.39 Å². The van der Waals surface area contributed by atoms with Crippen molar-refractivity contribution in [3.8, 4) is 17.3 Å². The molecule has 6 heteroatoms. The molecule has 0 atom stereocenters. The van der Waals surface area contributed by atoms with Crippen LogP contribution in [0.4, 0.5) is 10.1 Å². The molecule has 23 heavy (non-hydrogen) atoms. The summed E-state index contributed by atoms with van der Waals surface area (Å²) < 4.78 is 19.6. The number of nitrogens with zero attached hydrogens (tertiary/aromatic N) is 3. The largest absolute Gasteiger partial charge is 0.378 e. The zero-order valence-electron chi connectivity index (χ0n) is 12.3. The van der Waals surface area contributed by atoms with Gasteiger partial charge in [0.05, 0.1) is 30.0 Å². The number of ether oxygens (including phenoxy) is 1. The number of carbonyl (C=O) groups excluding carboxylic acids is 1. The number of hydrogen-bond acceptors (Lipinski definition) is 5. The van der Waals surface area contributed by atoms with Gasteiger partial charge >= 0.3 is 0 Å². The fraction of sp³-hybridized carbons (Fsp3) is 0.235. The maximum absolute atomic E-state index is 14.2. The molecule has 0 amide bonds. The van der Waals surface area contributed by atoms with Crippen LogP contribution in [-0.4, -0.2) is 37.6 Å². The molecule has 2 aromatic rings. The summed E-state index contributed by atoms with van der Waals surface area (Å²) >= 11 is 0. The number of halogens is 1. The quantitative estimate of drug-likeness (QED) is 0.814. The number of pyridine rings is 1. The van der Waals surface area contributed by atoms with Crippen molar-refractivity contribution in [1.29, 1.82) is 5.26 Å². The summed E-state index contributed by atoms with van der Waals surface area (Å²) in [6, 6.07) is 8.57. The van der Waals surface area contributed by atoms with Gasteiger partial charge < -0.3 is 9.64 Å². The molecule has 0 N–H and O–H groups in total. The molecule has 0 aliphatic carbocycles. The maximum Gasteiger partial charge on any atom is 0.159 e. The molecular formula is C17H14FN3O2. The summed E-state index contributed by atoms with van der Waals surface area (Å²) in [6.45, 7) is 2.65. The lowest BCUT2D eigenvalue weighted by Crippen LogP contribution is -2.36. The van der Waals surface area contributed by atoms with Gasteiger partial charge in [0.25, 0.3) is 0 Å². The van der Waals surface area contributed by atoms with Crippen LogP contribution in [0.1, 0.15) is 15.9 Å². The number of carbonyl (C=O) groups is 1. The number of aldehydes is 1. The molecule has 1 saturated heterocycles. The maximum atomic E-state index is 14.2. The molecule has 2 heterocycles. The minimum atomic E-state index is -0.675. The first kappa shape index (κ1) is 15.1. The molecular weight excluding hydrogens is 297 g/mol. The molecule has 3 rings (SSSR count). The zero-order valence-corrected chi connectivity index (χ0v) is 12.3. The van der Waals surface area contributed by atoms with E-state index in [1.54, 1.807) is 18.2 Å². The van der Waals surface area contributed by atoms with Crippen molar-refractivity contribution in [1.82, 2.24) is 4.98 Å². The van der Waals surface area contributed by atoms with Crippen molar-refractivity contribution >= 4 is 12.0 Å². The van der Waals surface area contributed by atoms with E-state index in [1.807, 2.05) is 0 Å². The molecule has 0 saturated carbocycles. The molecule has 1 fully saturated rings. The number of aromatic nitrogens is 1. The second-order valence-corrected chi connectivity index (χ2v) is 5.12. The van der Waals surface area contributed by atoms with E-state index in [0.717, 1.165) is 5.69 Å². The number of morpholine rings is 1. The molecule has 1 aliphatic heterocycles. The number of nitriles is 1. The highest BCUT2D eigenvalue weighted by molar-refractivity contribution is 5.79. The van der Waals surface area contributed by atoms with E-state index in [-0.39, 0.29) is 11.3 Å². The molecule has 1 aromatic heterocycles. The molecule has 0 bridgehead atoms. The standard InChI is InChI=1S/C17H14FN3O2/c18-16-13(11-22)3-4-20-17(16)12-1-2-15(14(9-12)10-19)21-5-7-23-8-6-21/h1-4,9,11H,5-8H2. The number of rotatable bonds is 3. The van der Waals surface area contributed by atoms with Crippen LogP contribution in [0.3, 0.4) is 0 Å². The highest BCUT2D eigenvalue weighted by Gasteiger charge is 2.17. The van der Waals surface area contributed by atoms with Crippen molar-refractivity contribution in [3.63, 3.8) is 0 Å². The minimum absolute atomic E-state index is 0.0502. The SMILES string of the molecule is N#Cc1cc(-c2nccc(C=O)c2F)ccc1N1CCOCC1. The van der Waals surface area contributed by atoms with Gasteiger partial charge in [-0.3, -0.25) is 9.78 Å². The molecule has 116 valence electrons. The summed E-state index contributed by atoms with van der Waals surface area (Å²) in [4.78, 5) is 16.9. The Kier molecular flexibility index (Phi) is 4.31. The Morgan fingerprint density at radius 1 is 1.30 bits per heavy atom. The van der Waals surface area contributed by atoms with Crippen LogP contribution in [0.25, 0.3) is 11.3 Å². The van der Waals surface area contributed by atoms with Gasteiger partial charge in [-0.1, -0.05) is 6.07 Å². The topological polar surface area (TPSA) is 66.2 Å². The van der Waals surface area contributed by atoms with Crippen LogP contribution in [0, 0.1) is 17.1 Å². The van der Waals surface area contributed by atoms with Crippen molar-refractivity contribution < 1.29 is 13.9 Å². The average Bonchev–Trinajstić information content (AvgIpc) is 2.62. The Morgan fingerprint density at radius 3 is 2.78 bits per heavy atom. The van der Waals surface area contributed by atoms with Crippen LogP contribution in [0.5, 0.6) is 0 Å². The van der Waals surface area contributed by atoms with Gasteiger partial charge in [0.2, 0.25) is 0 Å². The van der Waals surface area contributed by atoms with Crippen molar-refractivity contribution in [2.75, 3.05) is 31.2 Å². The smallest absolute Gasteiger partial charge is 0.159 e. The summed E-state index contributed by atoms with van der Waals surface area (Å²) in [7, 11) is 0. The molecule has 5 nitrogen and oxygen atoms in total. The molecule has 0 radical (unpaired) electrons. The van der Waals surface area contributed by atoms with Crippen LogP contribution < -0.4 is 4.90 Å². The van der Waals surface area contributed by atoms with Crippen LogP contribution in [0.2, 0.25) is 0 Å². The highest BCUT2D eigenvalue weighted by Crippen LogP contribution is 2.28. The fourth-order valence-corrected chi connectivity index (χ4v) is 2.60. The van der Waals surface area contributed by atoms with Crippen LogP contribution >= 0.6 is 0 Å². The Labute approximate surface area is 132 Å². The monoisotopic (exact) mass is 311 g/mol. The number of hydrogen-bond donors (Lipinski definition) is 0. The summed E-state index contributed by atoms with van der Waals surface area (Å²) in [5.41, 5.74) is 1.73. The van der Waals surface area contributed by atoms with Crippen molar-refractivity contribution in [2.45, 2.75) is 0 Å². The van der Waals surface area contributed by atoms with E-state index in [0.29, 0.717) is 43.7 Å². The first-order chi connectivity index (χ1) is 11.2. The van der Waals surface area contributed by atoms with Gasteiger partial charge in [-0.2, -0.15) is 5.26 Å². The lowest BCUT2D eigenvalue weighted by Gasteiger charge is -2.29. The second kappa shape index (κ2) is 6.55. The zero-order chi connectivity index (χ0) is 16.2. The van der Waals surface area contributed by atoms with Crippen LogP contribution in [-0.2, 0) is 4.74 Å². The molecule has 0 unspecified atom stereocenters. The average molecular weight is 311 g/mol. The summed E-state index contributed by atoms with van der Waals surface area (Å²) in [5, 5.41) is 9.41. The fourth-order valence-electron chi connectivity index (χ4n) is 2.60. The lowest BCUT2D eigenvalue weighted by atomic mass is 10.0. The third-order valence-electron chi connectivity index (χ3n) is 3.79. The van der Waals surface area contributed by atoms with Crippen LogP contribution in [0.15, 0.2) is 30.5 Å². The Bertz CT molecular complexity index is 780. The molecule has 1 aliphatic rings. The normalized spacial score (nSPS) is 14.3. The van der Waals surface area contributed by atoms with Crippen molar-refractivity contribution in [2.24, 2.45) is 0 Å². The van der Waals surface area contributed by atoms with Gasteiger partial charge in [0.1, 0.15) is 11.8 Å². The van der Waals surface area contributed by atoms with Gasteiger partial charge in [-0.15, -0.1) is 0 Å². The Balaban J connectivity index is 2.03. The van der Waals surface area contributed by atoms with Gasteiger partial charge in [0.15, 0.2) is 12.1 Å². The molecule has 0 spiro atoms. The first-order valence-electron chi connectivity index (χ1n) is 7.21. The van der Waals surface area contributed by atoms with E-state index < -0.39 is 5.82 Å².